The molecule has 1 aromatic carbocycles. The molecule has 1 amide bonds. The number of nitrogens with zero attached hydrogens (tertiary/aromatic N) is 1. The highest BCUT2D eigenvalue weighted by Crippen LogP contribution is 2.37. The summed E-state index contributed by atoms with van der Waals surface area (Å²) in [5, 5.41) is 0. The molecule has 1 unspecified atom stereocenters. The molecule has 0 saturated heterocycles. The molecular weight excluding hydrogens is 424 g/mol. The molecule has 1 aromatic heterocycles. The summed E-state index contributed by atoms with van der Waals surface area (Å²) >= 11 is 1.01. The lowest BCUT2D eigenvalue weighted by Gasteiger charge is -2.29. The summed E-state index contributed by atoms with van der Waals surface area (Å²) in [6, 6.07) is 9.50. The molecule has 0 radical (unpaired) electrons. The Morgan fingerprint density at radius 2 is 2.03 bits per heavy atom. The Balaban J connectivity index is 1.93. The van der Waals surface area contributed by atoms with E-state index in [2.05, 4.69) is 11.3 Å². The molecule has 9 heteroatoms. The lowest BCUT2D eigenvalue weighted by molar-refractivity contribution is -0.133. The van der Waals surface area contributed by atoms with Crippen LogP contribution in [0, 0.1) is 0 Å². The third-order valence-corrected chi connectivity index (χ3v) is 8.22. The third kappa shape index (κ3) is 4.33. The fourth-order valence-electron chi connectivity index (χ4n) is 3.46. The monoisotopic (exact) mass is 448 g/mol. The summed E-state index contributed by atoms with van der Waals surface area (Å²) in [5.74, 6) is -1.04. The van der Waals surface area contributed by atoms with Crippen LogP contribution in [0.5, 0.6) is 0 Å². The van der Waals surface area contributed by atoms with E-state index < -0.39 is 16.0 Å². The van der Waals surface area contributed by atoms with Crippen molar-refractivity contribution in [1.82, 2.24) is 9.62 Å². The SMILES string of the molecule is C=CCNS(=O)(=O)c1sc2c(c1C(=O)OC)CCN(C(=O)C(C)c1ccccc1)C2. The average Bonchev–Trinajstić information content (AvgIpc) is 3.16. The Kier molecular flexibility index (Phi) is 6.74. The van der Waals surface area contributed by atoms with E-state index >= 15 is 0 Å². The average molecular weight is 449 g/mol. The molecule has 0 aliphatic carbocycles. The number of esters is 1. The second kappa shape index (κ2) is 9.11. The third-order valence-electron chi connectivity index (χ3n) is 5.06. The van der Waals surface area contributed by atoms with Gasteiger partial charge in [0.25, 0.3) is 10.0 Å². The van der Waals surface area contributed by atoms with Crippen LogP contribution in [0.2, 0.25) is 0 Å². The van der Waals surface area contributed by atoms with Crippen molar-refractivity contribution in [3.05, 3.63) is 64.6 Å². The smallest absolute Gasteiger partial charge is 0.340 e. The van der Waals surface area contributed by atoms with E-state index in [1.54, 1.807) is 4.90 Å². The summed E-state index contributed by atoms with van der Waals surface area (Å²) < 4.78 is 32.6. The first-order chi connectivity index (χ1) is 14.3. The zero-order valence-corrected chi connectivity index (χ0v) is 18.5. The Morgan fingerprint density at radius 3 is 2.67 bits per heavy atom. The van der Waals surface area contributed by atoms with Gasteiger partial charge in [-0.05, 0) is 24.5 Å². The van der Waals surface area contributed by atoms with Crippen LogP contribution in [0.1, 0.15) is 39.2 Å². The van der Waals surface area contributed by atoms with Gasteiger partial charge in [0.1, 0.15) is 4.21 Å². The molecule has 1 aliphatic rings. The van der Waals surface area contributed by atoms with E-state index in [0.29, 0.717) is 23.4 Å². The summed E-state index contributed by atoms with van der Waals surface area (Å²) in [6.45, 7) is 6.08. The highest BCUT2D eigenvalue weighted by atomic mass is 32.2. The summed E-state index contributed by atoms with van der Waals surface area (Å²) in [6.07, 6.45) is 1.81. The lowest BCUT2D eigenvalue weighted by atomic mass is 9.97. The number of hydrogen-bond acceptors (Lipinski definition) is 6. The fraction of sp³-hybridized carbons (Fsp3) is 0.333. The van der Waals surface area contributed by atoms with Crippen LogP contribution in [0.25, 0.3) is 0 Å². The highest BCUT2D eigenvalue weighted by molar-refractivity contribution is 7.91. The van der Waals surface area contributed by atoms with Gasteiger partial charge in [-0.15, -0.1) is 17.9 Å². The van der Waals surface area contributed by atoms with Crippen LogP contribution in [-0.2, 0) is 32.5 Å². The van der Waals surface area contributed by atoms with Crippen LogP contribution in [0.3, 0.4) is 0 Å². The van der Waals surface area contributed by atoms with Gasteiger partial charge in [0, 0.05) is 18.0 Å². The molecule has 3 rings (SSSR count). The minimum atomic E-state index is -3.91. The maximum absolute atomic E-state index is 13.0. The maximum atomic E-state index is 13.0. The van der Waals surface area contributed by atoms with E-state index in [-0.39, 0.29) is 34.7 Å². The van der Waals surface area contributed by atoms with Gasteiger partial charge in [-0.3, -0.25) is 4.79 Å². The number of ether oxygens (including phenoxy) is 1. The van der Waals surface area contributed by atoms with Crippen molar-refractivity contribution in [3.63, 3.8) is 0 Å². The van der Waals surface area contributed by atoms with Crippen LogP contribution >= 0.6 is 11.3 Å². The number of rotatable bonds is 7. The second-order valence-corrected chi connectivity index (χ2v) is 10.0. The Morgan fingerprint density at radius 1 is 1.33 bits per heavy atom. The molecule has 7 nitrogen and oxygen atoms in total. The number of benzene rings is 1. The van der Waals surface area contributed by atoms with E-state index in [1.807, 2.05) is 37.3 Å². The van der Waals surface area contributed by atoms with Crippen LogP contribution in [-0.4, -0.2) is 45.4 Å². The summed E-state index contributed by atoms with van der Waals surface area (Å²) in [4.78, 5) is 27.8. The first-order valence-corrected chi connectivity index (χ1v) is 11.8. The number of fused-ring (bicyclic) bond motifs is 1. The topological polar surface area (TPSA) is 92.8 Å². The molecule has 0 fully saturated rings. The Bertz CT molecular complexity index is 1060. The van der Waals surface area contributed by atoms with Gasteiger partial charge in [0.15, 0.2) is 0 Å². The maximum Gasteiger partial charge on any atom is 0.340 e. The second-order valence-electron chi connectivity index (χ2n) is 6.94. The zero-order valence-electron chi connectivity index (χ0n) is 16.9. The number of carbonyl (C=O) groups is 2. The zero-order chi connectivity index (χ0) is 21.9. The fourth-order valence-corrected chi connectivity index (χ4v) is 6.40. The molecule has 1 aliphatic heterocycles. The van der Waals surface area contributed by atoms with Gasteiger partial charge in [0.2, 0.25) is 5.91 Å². The standard InChI is InChI=1S/C21H24N2O5S2/c1-4-11-22-30(26,27)21-18(20(25)28-3)16-10-12-23(13-17(16)29-21)19(24)14(2)15-8-6-5-7-9-15/h4-9,14,22H,1,10-13H2,2-3H3. The van der Waals surface area contributed by atoms with Crippen LogP contribution in [0.4, 0.5) is 0 Å². The van der Waals surface area contributed by atoms with Gasteiger partial charge in [0.05, 0.1) is 25.1 Å². The van der Waals surface area contributed by atoms with E-state index in [9.17, 15) is 18.0 Å². The van der Waals surface area contributed by atoms with Crippen molar-refractivity contribution < 1.29 is 22.7 Å². The van der Waals surface area contributed by atoms with Crippen LogP contribution < -0.4 is 4.72 Å². The minimum Gasteiger partial charge on any atom is -0.465 e. The molecule has 2 heterocycles. The highest BCUT2D eigenvalue weighted by Gasteiger charge is 2.35. The van der Waals surface area contributed by atoms with Crippen molar-refractivity contribution >= 4 is 33.2 Å². The quantitative estimate of drug-likeness (QED) is 0.519. The van der Waals surface area contributed by atoms with E-state index in [1.165, 1.54) is 13.2 Å². The first-order valence-electron chi connectivity index (χ1n) is 9.47. The summed E-state index contributed by atoms with van der Waals surface area (Å²) in [7, 11) is -2.68. The number of amides is 1. The van der Waals surface area contributed by atoms with E-state index in [0.717, 1.165) is 16.9 Å². The molecule has 2 aromatic rings. The first kappa shape index (κ1) is 22.2. The van der Waals surface area contributed by atoms with Crippen molar-refractivity contribution in [2.45, 2.75) is 30.0 Å². The van der Waals surface area contributed by atoms with Gasteiger partial charge in [-0.1, -0.05) is 36.4 Å². The van der Waals surface area contributed by atoms with Gasteiger partial charge in [-0.25, -0.2) is 17.9 Å². The molecule has 0 spiro atoms. The largest absolute Gasteiger partial charge is 0.465 e. The normalized spacial score (nSPS) is 14.7. The molecule has 1 N–H and O–H groups in total. The van der Waals surface area contributed by atoms with E-state index in [4.69, 9.17) is 4.74 Å². The summed E-state index contributed by atoms with van der Waals surface area (Å²) in [5.41, 5.74) is 1.63. The van der Waals surface area contributed by atoms with Crippen molar-refractivity contribution in [2.24, 2.45) is 0 Å². The van der Waals surface area contributed by atoms with Crippen LogP contribution in [0.15, 0.2) is 47.2 Å². The molecule has 0 saturated carbocycles. The Labute approximate surface area is 180 Å². The number of nitrogens with one attached hydrogen (secondary N) is 1. The van der Waals surface area contributed by atoms with Gasteiger partial charge in [-0.2, -0.15) is 0 Å². The van der Waals surface area contributed by atoms with Gasteiger partial charge >= 0.3 is 5.97 Å². The number of methoxy groups -OCH3 is 1. The lowest BCUT2D eigenvalue weighted by Crippen LogP contribution is -2.38. The van der Waals surface area contributed by atoms with Crippen molar-refractivity contribution in [2.75, 3.05) is 20.2 Å². The molecule has 160 valence electrons. The molecule has 0 bridgehead atoms. The minimum absolute atomic E-state index is 0.0333. The Hall–Kier alpha value is -2.49. The number of carbonyl (C=O) groups excluding carboxylic acids is 2. The van der Waals surface area contributed by atoms with Crippen molar-refractivity contribution in [3.8, 4) is 0 Å². The molecular formula is C21H24N2O5S2. The molecule has 1 atom stereocenters. The van der Waals surface area contributed by atoms with Crippen molar-refractivity contribution in [1.29, 1.82) is 0 Å². The molecule has 30 heavy (non-hydrogen) atoms. The predicted octanol–water partition coefficient (Wildman–Crippen LogP) is 2.69. The number of thiophene rings is 1. The number of sulfonamides is 1. The van der Waals surface area contributed by atoms with Gasteiger partial charge < -0.3 is 9.64 Å². The number of hydrogen-bond donors (Lipinski definition) is 1. The predicted molar refractivity (Wildman–Crippen MR) is 115 cm³/mol.